The van der Waals surface area contributed by atoms with Gasteiger partial charge in [0.25, 0.3) is 5.91 Å². The predicted octanol–water partition coefficient (Wildman–Crippen LogP) is 1.52. The highest BCUT2D eigenvalue weighted by Crippen LogP contribution is 2.11. The molecule has 2 aromatic rings. The van der Waals surface area contributed by atoms with Gasteiger partial charge in [-0.25, -0.2) is 0 Å². The first-order chi connectivity index (χ1) is 9.29. The second-order valence-corrected chi connectivity index (χ2v) is 4.21. The van der Waals surface area contributed by atoms with E-state index in [1.165, 1.54) is 0 Å². The maximum Gasteiger partial charge on any atom is 0.277 e. The van der Waals surface area contributed by atoms with E-state index in [0.29, 0.717) is 17.8 Å². The molecule has 1 aromatic heterocycles. The third-order valence-electron chi connectivity index (χ3n) is 2.18. The van der Waals surface area contributed by atoms with Gasteiger partial charge in [0.2, 0.25) is 0 Å². The highest BCUT2D eigenvalue weighted by atomic mass is 32.1. The lowest BCUT2D eigenvalue weighted by atomic mass is 10.2. The van der Waals surface area contributed by atoms with Crippen LogP contribution in [0.2, 0.25) is 0 Å². The number of carbonyl (C=O) groups is 1. The first kappa shape index (κ1) is 13.2. The van der Waals surface area contributed by atoms with Crippen molar-refractivity contribution in [2.24, 2.45) is 0 Å². The van der Waals surface area contributed by atoms with Crippen molar-refractivity contribution < 1.29 is 9.90 Å². The van der Waals surface area contributed by atoms with Gasteiger partial charge in [0.15, 0.2) is 5.69 Å². The molecule has 0 aliphatic carbocycles. The van der Waals surface area contributed by atoms with E-state index >= 15 is 0 Å². The molecule has 0 unspecified atom stereocenters. The van der Waals surface area contributed by atoms with Crippen LogP contribution in [-0.2, 0) is 0 Å². The molecule has 0 fully saturated rings. The Morgan fingerprint density at radius 2 is 2.37 bits per heavy atom. The van der Waals surface area contributed by atoms with E-state index in [-0.39, 0.29) is 12.5 Å². The van der Waals surface area contributed by atoms with Crippen LogP contribution in [0, 0.1) is 11.8 Å². The standard InChI is InChI=1S/C13H11N3O2S/c17-7-2-1-4-10-5-3-6-11(8-10)14-13(18)12-9-19-16-15-12/h3,5-6,8-9,17H,2,7H2,(H,14,18). The smallest absolute Gasteiger partial charge is 0.277 e. The molecular weight excluding hydrogens is 262 g/mol. The summed E-state index contributed by atoms with van der Waals surface area (Å²) >= 11 is 1.13. The molecule has 2 N–H and O–H groups in total. The Hall–Kier alpha value is -2.23. The number of rotatable bonds is 3. The Morgan fingerprint density at radius 3 is 3.11 bits per heavy atom. The molecule has 19 heavy (non-hydrogen) atoms. The monoisotopic (exact) mass is 273 g/mol. The summed E-state index contributed by atoms with van der Waals surface area (Å²) in [6, 6.07) is 7.18. The average molecular weight is 273 g/mol. The number of hydrogen-bond donors (Lipinski definition) is 2. The summed E-state index contributed by atoms with van der Waals surface area (Å²) < 4.78 is 3.64. The third kappa shape index (κ3) is 3.88. The minimum atomic E-state index is -0.297. The Bertz CT molecular complexity index is 614. The number of anilines is 1. The lowest BCUT2D eigenvalue weighted by Gasteiger charge is -2.02. The number of aliphatic hydroxyl groups excluding tert-OH is 1. The molecule has 2 rings (SSSR count). The van der Waals surface area contributed by atoms with Crippen molar-refractivity contribution in [3.8, 4) is 11.8 Å². The summed E-state index contributed by atoms with van der Waals surface area (Å²) in [6.07, 6.45) is 0.432. The lowest BCUT2D eigenvalue weighted by Crippen LogP contribution is -2.12. The second kappa shape index (κ2) is 6.64. The van der Waals surface area contributed by atoms with Crippen molar-refractivity contribution in [1.82, 2.24) is 9.59 Å². The Morgan fingerprint density at radius 1 is 1.47 bits per heavy atom. The summed E-state index contributed by atoms with van der Waals surface area (Å²) in [5.41, 5.74) is 1.72. The summed E-state index contributed by atoms with van der Waals surface area (Å²) in [6.45, 7) is 0.0419. The van der Waals surface area contributed by atoms with Gasteiger partial charge in [0.1, 0.15) is 0 Å². The molecule has 1 heterocycles. The van der Waals surface area contributed by atoms with E-state index in [4.69, 9.17) is 5.11 Å². The zero-order valence-electron chi connectivity index (χ0n) is 9.96. The minimum Gasteiger partial charge on any atom is -0.395 e. The van der Waals surface area contributed by atoms with Crippen LogP contribution < -0.4 is 5.32 Å². The quantitative estimate of drug-likeness (QED) is 0.831. The molecule has 0 saturated heterocycles. The van der Waals surface area contributed by atoms with Crippen LogP contribution in [0.4, 0.5) is 5.69 Å². The van der Waals surface area contributed by atoms with Gasteiger partial charge in [0.05, 0.1) is 6.61 Å². The molecule has 0 radical (unpaired) electrons. The van der Waals surface area contributed by atoms with E-state index in [2.05, 4.69) is 26.7 Å². The van der Waals surface area contributed by atoms with Gasteiger partial charge in [0, 0.05) is 23.1 Å². The number of carbonyl (C=O) groups excluding carboxylic acids is 1. The molecule has 0 saturated carbocycles. The van der Waals surface area contributed by atoms with Gasteiger partial charge in [-0.15, -0.1) is 5.10 Å². The van der Waals surface area contributed by atoms with E-state index in [9.17, 15) is 4.79 Å². The number of nitrogens with one attached hydrogen (secondary N) is 1. The molecule has 0 aliphatic heterocycles. The van der Waals surface area contributed by atoms with Crippen LogP contribution >= 0.6 is 11.5 Å². The molecule has 1 aromatic carbocycles. The number of benzene rings is 1. The van der Waals surface area contributed by atoms with Gasteiger partial charge in [-0.2, -0.15) is 0 Å². The first-order valence-corrected chi connectivity index (χ1v) is 6.41. The maximum absolute atomic E-state index is 11.8. The molecule has 0 spiro atoms. The van der Waals surface area contributed by atoms with Crippen molar-refractivity contribution in [2.45, 2.75) is 6.42 Å². The zero-order chi connectivity index (χ0) is 13.5. The number of amides is 1. The largest absolute Gasteiger partial charge is 0.395 e. The van der Waals surface area contributed by atoms with Gasteiger partial charge in [-0.1, -0.05) is 22.4 Å². The second-order valence-electron chi connectivity index (χ2n) is 3.60. The summed E-state index contributed by atoms with van der Waals surface area (Å²) in [5.74, 6) is 5.44. The fraction of sp³-hybridized carbons (Fsp3) is 0.154. The number of hydrogen-bond acceptors (Lipinski definition) is 5. The predicted molar refractivity (Wildman–Crippen MR) is 72.9 cm³/mol. The first-order valence-electron chi connectivity index (χ1n) is 5.58. The summed E-state index contributed by atoms with van der Waals surface area (Å²) in [7, 11) is 0. The Balaban J connectivity index is 2.07. The molecule has 5 nitrogen and oxygen atoms in total. The average Bonchev–Trinajstić information content (AvgIpc) is 2.93. The molecule has 1 amide bonds. The number of nitrogens with zero attached hydrogens (tertiary/aromatic N) is 2. The summed E-state index contributed by atoms with van der Waals surface area (Å²) in [5, 5.41) is 16.7. The molecule has 96 valence electrons. The fourth-order valence-corrected chi connectivity index (χ4v) is 1.79. The minimum absolute atomic E-state index is 0.0419. The van der Waals surface area contributed by atoms with Crippen molar-refractivity contribution in [3.05, 3.63) is 40.9 Å². The van der Waals surface area contributed by atoms with Crippen molar-refractivity contribution in [3.63, 3.8) is 0 Å². The molecule has 6 heteroatoms. The number of aliphatic hydroxyl groups is 1. The van der Waals surface area contributed by atoms with Crippen molar-refractivity contribution in [2.75, 3.05) is 11.9 Å². The van der Waals surface area contributed by atoms with Crippen LogP contribution in [0.3, 0.4) is 0 Å². The van der Waals surface area contributed by atoms with E-state index in [0.717, 1.165) is 17.1 Å². The van der Waals surface area contributed by atoms with Crippen LogP contribution in [0.15, 0.2) is 29.6 Å². The van der Waals surface area contributed by atoms with Crippen LogP contribution in [-0.4, -0.2) is 27.2 Å². The van der Waals surface area contributed by atoms with Crippen LogP contribution in [0.5, 0.6) is 0 Å². The molecule has 0 aliphatic rings. The van der Waals surface area contributed by atoms with Gasteiger partial charge in [-0.05, 0) is 29.7 Å². The zero-order valence-corrected chi connectivity index (χ0v) is 10.8. The Labute approximate surface area is 114 Å². The Kier molecular flexibility index (Phi) is 4.61. The van der Waals surface area contributed by atoms with Crippen molar-refractivity contribution >= 4 is 23.1 Å². The summed E-state index contributed by atoms with van der Waals surface area (Å²) in [4.78, 5) is 11.8. The van der Waals surface area contributed by atoms with Crippen molar-refractivity contribution in [1.29, 1.82) is 0 Å². The van der Waals surface area contributed by atoms with E-state index in [1.54, 1.807) is 23.6 Å². The van der Waals surface area contributed by atoms with E-state index < -0.39 is 0 Å². The van der Waals surface area contributed by atoms with Gasteiger partial charge < -0.3 is 10.4 Å². The van der Waals surface area contributed by atoms with Gasteiger partial charge >= 0.3 is 0 Å². The molecule has 0 atom stereocenters. The fourth-order valence-electron chi connectivity index (χ4n) is 1.35. The SMILES string of the molecule is O=C(Nc1cccc(C#CCCO)c1)c1csnn1. The van der Waals surface area contributed by atoms with Gasteiger partial charge in [-0.3, -0.25) is 4.79 Å². The lowest BCUT2D eigenvalue weighted by molar-refractivity contribution is 0.102. The highest BCUT2D eigenvalue weighted by Gasteiger charge is 2.08. The van der Waals surface area contributed by atoms with E-state index in [1.807, 2.05) is 6.07 Å². The number of aromatic nitrogens is 2. The molecular formula is C13H11N3O2S. The third-order valence-corrected chi connectivity index (χ3v) is 2.69. The van der Waals surface area contributed by atoms with Crippen LogP contribution in [0.25, 0.3) is 0 Å². The maximum atomic E-state index is 11.8. The normalized spacial score (nSPS) is 9.53. The topological polar surface area (TPSA) is 75.1 Å². The molecule has 0 bridgehead atoms. The highest BCUT2D eigenvalue weighted by molar-refractivity contribution is 7.03. The van der Waals surface area contributed by atoms with Crippen LogP contribution in [0.1, 0.15) is 22.5 Å².